The van der Waals surface area contributed by atoms with E-state index in [4.69, 9.17) is 9.47 Å². The average molecular weight is 544 g/mol. The Morgan fingerprint density at radius 3 is 2.02 bits per heavy atom. The lowest BCUT2D eigenvalue weighted by molar-refractivity contribution is 0.0734. The zero-order chi connectivity index (χ0) is 28.3. The summed E-state index contributed by atoms with van der Waals surface area (Å²) in [6.45, 7) is 5.99. The van der Waals surface area contributed by atoms with Crippen molar-refractivity contribution in [3.63, 3.8) is 0 Å². The molecule has 0 bridgehead atoms. The van der Waals surface area contributed by atoms with E-state index in [1.165, 1.54) is 69.8 Å². The van der Waals surface area contributed by atoms with Gasteiger partial charge >= 0.3 is 5.97 Å². The topological polar surface area (TPSA) is 47.6 Å². The van der Waals surface area contributed by atoms with Gasteiger partial charge in [-0.25, -0.2) is 4.79 Å². The van der Waals surface area contributed by atoms with E-state index in [0.717, 1.165) is 49.4 Å². The molecular formula is C36H49NO3. The Morgan fingerprint density at radius 2 is 1.32 bits per heavy atom. The first-order chi connectivity index (χ1) is 19.7. The van der Waals surface area contributed by atoms with E-state index in [9.17, 15) is 4.79 Å². The maximum Gasteiger partial charge on any atom is 0.343 e. The summed E-state index contributed by atoms with van der Waals surface area (Å²) in [6.07, 6.45) is 16.0. The zero-order valence-electron chi connectivity index (χ0n) is 24.8. The van der Waals surface area contributed by atoms with E-state index >= 15 is 0 Å². The van der Waals surface area contributed by atoms with Crippen LogP contribution in [0, 0.1) is 0 Å². The smallest absolute Gasteiger partial charge is 0.343 e. The van der Waals surface area contributed by atoms with Crippen molar-refractivity contribution >= 4 is 11.7 Å². The molecule has 0 aliphatic rings. The normalized spacial score (nSPS) is 10.8. The zero-order valence-corrected chi connectivity index (χ0v) is 24.8. The Labute approximate surface area is 242 Å². The lowest BCUT2D eigenvalue weighted by Gasteiger charge is -2.15. The first kappa shape index (κ1) is 31.3. The van der Waals surface area contributed by atoms with Crippen LogP contribution in [0.3, 0.4) is 0 Å². The molecule has 0 atom stereocenters. The van der Waals surface area contributed by atoms with Gasteiger partial charge in [0.15, 0.2) is 0 Å². The molecule has 0 radical (unpaired) electrons. The van der Waals surface area contributed by atoms with Crippen molar-refractivity contribution in [2.45, 2.75) is 104 Å². The van der Waals surface area contributed by atoms with E-state index in [2.05, 4.69) is 43.4 Å². The number of unbranched alkanes of at least 4 members (excludes halogenated alkanes) is 10. The van der Waals surface area contributed by atoms with Gasteiger partial charge in [0.2, 0.25) is 0 Å². The molecule has 4 nitrogen and oxygen atoms in total. The Bertz CT molecular complexity index is 1090. The van der Waals surface area contributed by atoms with Crippen LogP contribution in [0.2, 0.25) is 0 Å². The third-order valence-electron chi connectivity index (χ3n) is 7.27. The highest BCUT2D eigenvalue weighted by Gasteiger charge is 2.12. The number of esters is 1. The maximum absolute atomic E-state index is 12.8. The number of benzene rings is 3. The third-order valence-corrected chi connectivity index (χ3v) is 7.27. The SMILES string of the molecule is CCCCCCCCOc1ccc(CNc2ccc(C(=O)Oc3ccccc3)cc2CCCCCCCC)cc1. The van der Waals surface area contributed by atoms with Crippen LogP contribution in [0.25, 0.3) is 0 Å². The van der Waals surface area contributed by atoms with Gasteiger partial charge in [-0.2, -0.15) is 0 Å². The summed E-state index contributed by atoms with van der Waals surface area (Å²) in [4.78, 5) is 12.8. The molecule has 0 spiro atoms. The number of carbonyl (C=O) groups is 1. The largest absolute Gasteiger partial charge is 0.494 e. The van der Waals surface area contributed by atoms with Gasteiger partial charge < -0.3 is 14.8 Å². The van der Waals surface area contributed by atoms with Crippen molar-refractivity contribution in [3.05, 3.63) is 89.5 Å². The minimum Gasteiger partial charge on any atom is -0.494 e. The average Bonchev–Trinajstić information content (AvgIpc) is 2.98. The van der Waals surface area contributed by atoms with Gasteiger partial charge in [-0.1, -0.05) is 108 Å². The van der Waals surface area contributed by atoms with E-state index in [1.807, 2.05) is 36.4 Å². The van der Waals surface area contributed by atoms with Crippen LogP contribution >= 0.6 is 0 Å². The molecule has 0 amide bonds. The third kappa shape index (κ3) is 11.9. The lowest BCUT2D eigenvalue weighted by atomic mass is 10.0. The van der Waals surface area contributed by atoms with Crippen LogP contribution in [0.4, 0.5) is 5.69 Å². The van der Waals surface area contributed by atoms with Gasteiger partial charge in [-0.3, -0.25) is 0 Å². The lowest BCUT2D eigenvalue weighted by Crippen LogP contribution is -2.10. The fraction of sp³-hybridized carbons (Fsp3) is 0.472. The predicted molar refractivity (Wildman–Crippen MR) is 168 cm³/mol. The molecule has 3 aromatic rings. The number of para-hydroxylation sites is 1. The number of carbonyl (C=O) groups excluding carboxylic acids is 1. The monoisotopic (exact) mass is 543 g/mol. The number of hydrogen-bond donors (Lipinski definition) is 1. The summed E-state index contributed by atoms with van der Waals surface area (Å²) in [5, 5.41) is 3.61. The van der Waals surface area contributed by atoms with Crippen LogP contribution in [-0.2, 0) is 13.0 Å². The number of hydrogen-bond acceptors (Lipinski definition) is 4. The molecule has 0 unspecified atom stereocenters. The number of ether oxygens (including phenoxy) is 2. The summed E-state index contributed by atoms with van der Waals surface area (Å²) in [5.41, 5.74) is 4.03. The van der Waals surface area contributed by atoms with Crippen LogP contribution in [0.15, 0.2) is 72.8 Å². The molecule has 40 heavy (non-hydrogen) atoms. The summed E-state index contributed by atoms with van der Waals surface area (Å²) in [5.74, 6) is 1.17. The van der Waals surface area contributed by atoms with E-state index in [0.29, 0.717) is 11.3 Å². The van der Waals surface area contributed by atoms with E-state index < -0.39 is 0 Å². The van der Waals surface area contributed by atoms with Crippen LogP contribution in [0.5, 0.6) is 11.5 Å². The van der Waals surface area contributed by atoms with Gasteiger partial charge in [0, 0.05) is 12.2 Å². The quantitative estimate of drug-likeness (QED) is 0.0875. The van der Waals surface area contributed by atoms with Gasteiger partial charge in [0.05, 0.1) is 12.2 Å². The van der Waals surface area contributed by atoms with Crippen molar-refractivity contribution in [2.24, 2.45) is 0 Å². The summed E-state index contributed by atoms with van der Waals surface area (Å²) < 4.78 is 11.5. The van der Waals surface area contributed by atoms with Gasteiger partial charge in [0.25, 0.3) is 0 Å². The summed E-state index contributed by atoms with van der Waals surface area (Å²) >= 11 is 0. The first-order valence-electron chi connectivity index (χ1n) is 15.6. The molecule has 0 saturated heterocycles. The molecule has 0 aromatic heterocycles. The Balaban J connectivity index is 1.55. The predicted octanol–water partition coefficient (Wildman–Crippen LogP) is 10.2. The van der Waals surface area contributed by atoms with E-state index in [-0.39, 0.29) is 5.97 Å². The van der Waals surface area contributed by atoms with Gasteiger partial charge in [-0.05, 0) is 72.9 Å². The van der Waals surface area contributed by atoms with Crippen molar-refractivity contribution in [2.75, 3.05) is 11.9 Å². The van der Waals surface area contributed by atoms with Crippen LogP contribution < -0.4 is 14.8 Å². The highest BCUT2D eigenvalue weighted by Crippen LogP contribution is 2.23. The van der Waals surface area contributed by atoms with Crippen molar-refractivity contribution in [3.8, 4) is 11.5 Å². The molecular weight excluding hydrogens is 494 g/mol. The molecule has 0 saturated carbocycles. The standard InChI is InChI=1S/C36H49NO3/c1-3-5-7-9-11-14-18-31-28-32(36(38)40-34-19-15-13-16-20-34)23-26-35(31)37-29-30-21-24-33(25-22-30)39-27-17-12-10-8-6-4-2/h13,15-16,19-26,28,37H,3-12,14,17-18,27,29H2,1-2H3. The van der Waals surface area contributed by atoms with Crippen molar-refractivity contribution in [1.29, 1.82) is 0 Å². The second-order valence-corrected chi connectivity index (χ2v) is 10.7. The fourth-order valence-electron chi connectivity index (χ4n) is 4.82. The molecule has 216 valence electrons. The van der Waals surface area contributed by atoms with E-state index in [1.54, 1.807) is 12.1 Å². The Morgan fingerprint density at radius 1 is 0.675 bits per heavy atom. The summed E-state index contributed by atoms with van der Waals surface area (Å²) in [7, 11) is 0. The molecule has 1 N–H and O–H groups in total. The highest BCUT2D eigenvalue weighted by atomic mass is 16.5. The number of nitrogens with one attached hydrogen (secondary N) is 1. The molecule has 0 fully saturated rings. The van der Waals surface area contributed by atoms with Crippen molar-refractivity contribution in [1.82, 2.24) is 0 Å². The minimum absolute atomic E-state index is 0.321. The number of aryl methyl sites for hydroxylation is 1. The molecule has 0 aliphatic heterocycles. The Kier molecular flexibility index (Phi) is 14.8. The molecule has 0 heterocycles. The molecule has 3 aromatic carbocycles. The molecule has 3 rings (SSSR count). The Hall–Kier alpha value is -3.27. The molecule has 4 heteroatoms. The fourth-order valence-corrected chi connectivity index (χ4v) is 4.82. The minimum atomic E-state index is -0.321. The number of anilines is 1. The van der Waals surface area contributed by atoms with Gasteiger partial charge in [0.1, 0.15) is 11.5 Å². The second kappa shape index (κ2) is 18.9. The molecule has 0 aliphatic carbocycles. The van der Waals surface area contributed by atoms with Gasteiger partial charge in [-0.15, -0.1) is 0 Å². The summed E-state index contributed by atoms with van der Waals surface area (Å²) in [6, 6.07) is 23.5. The first-order valence-corrected chi connectivity index (χ1v) is 15.6. The maximum atomic E-state index is 12.8. The van der Waals surface area contributed by atoms with Crippen molar-refractivity contribution < 1.29 is 14.3 Å². The van der Waals surface area contributed by atoms with Crippen LogP contribution in [0.1, 0.15) is 112 Å². The number of rotatable bonds is 20. The van der Waals surface area contributed by atoms with Crippen LogP contribution in [-0.4, -0.2) is 12.6 Å². The highest BCUT2D eigenvalue weighted by molar-refractivity contribution is 5.92. The second-order valence-electron chi connectivity index (χ2n) is 10.7.